The zero-order valence-electron chi connectivity index (χ0n) is 13.6. The number of hydrogen-bond acceptors (Lipinski definition) is 3. The molecule has 0 aromatic rings. The van der Waals surface area contributed by atoms with Crippen LogP contribution >= 0.6 is 0 Å². The number of aliphatic hydroxyl groups excluding tert-OH is 2. The fourth-order valence-corrected chi connectivity index (χ4v) is 6.50. The van der Waals surface area contributed by atoms with Crippen LogP contribution in [0, 0.1) is 28.6 Å². The summed E-state index contributed by atoms with van der Waals surface area (Å²) < 4.78 is 0. The minimum Gasteiger partial charge on any atom is -0.395 e. The summed E-state index contributed by atoms with van der Waals surface area (Å²) in [5.41, 5.74) is 1.11. The van der Waals surface area contributed by atoms with Crippen LogP contribution in [0.5, 0.6) is 0 Å². The number of carbonyl (C=O) groups excluding carboxylic acids is 1. The molecule has 4 rings (SSSR count). The minimum atomic E-state index is -0.232. The summed E-state index contributed by atoms with van der Waals surface area (Å²) in [6.45, 7) is 2.41. The van der Waals surface area contributed by atoms with Crippen LogP contribution in [0.1, 0.15) is 58.3 Å². The molecule has 4 aliphatic carbocycles. The third-order valence-electron chi connectivity index (χ3n) is 7.79. The van der Waals surface area contributed by atoms with E-state index in [0.717, 1.165) is 51.4 Å². The summed E-state index contributed by atoms with van der Waals surface area (Å²) >= 11 is 0. The second-order valence-corrected chi connectivity index (χ2v) is 8.47. The molecule has 4 aliphatic rings. The molecule has 0 saturated heterocycles. The lowest BCUT2D eigenvalue weighted by Crippen LogP contribution is -2.53. The Morgan fingerprint density at radius 2 is 2.05 bits per heavy atom. The van der Waals surface area contributed by atoms with Gasteiger partial charge in [-0.3, -0.25) is 4.79 Å². The lowest BCUT2D eigenvalue weighted by atomic mass is 9.47. The predicted molar refractivity (Wildman–Crippen MR) is 84.1 cm³/mol. The van der Waals surface area contributed by atoms with Crippen molar-refractivity contribution in [2.45, 2.75) is 64.4 Å². The Bertz CT molecular complexity index is 525. The molecule has 22 heavy (non-hydrogen) atoms. The first-order valence-electron chi connectivity index (χ1n) is 9.03. The van der Waals surface area contributed by atoms with Crippen LogP contribution in [0.2, 0.25) is 0 Å². The van der Waals surface area contributed by atoms with Gasteiger partial charge in [0.25, 0.3) is 0 Å². The number of hydrogen-bond donors (Lipinski definition) is 2. The molecule has 122 valence electrons. The molecular formula is C19H28O3. The monoisotopic (exact) mass is 304 g/mol. The molecule has 0 heterocycles. The van der Waals surface area contributed by atoms with Crippen LogP contribution in [0.25, 0.3) is 0 Å². The van der Waals surface area contributed by atoms with Gasteiger partial charge in [0, 0.05) is 17.3 Å². The quantitative estimate of drug-likeness (QED) is 0.732. The Kier molecular flexibility index (Phi) is 3.32. The van der Waals surface area contributed by atoms with E-state index in [1.54, 1.807) is 0 Å². The molecule has 2 N–H and O–H groups in total. The van der Waals surface area contributed by atoms with Gasteiger partial charge in [0.1, 0.15) is 5.78 Å². The van der Waals surface area contributed by atoms with Gasteiger partial charge in [0.05, 0.1) is 12.7 Å². The van der Waals surface area contributed by atoms with Gasteiger partial charge in [-0.25, -0.2) is 0 Å². The van der Waals surface area contributed by atoms with Gasteiger partial charge in [-0.2, -0.15) is 0 Å². The molecule has 3 heteroatoms. The Balaban J connectivity index is 1.72. The zero-order chi connectivity index (χ0) is 15.5. The zero-order valence-corrected chi connectivity index (χ0v) is 13.6. The third-order valence-corrected chi connectivity index (χ3v) is 7.79. The van der Waals surface area contributed by atoms with Gasteiger partial charge in [0.15, 0.2) is 0 Å². The highest BCUT2D eigenvalue weighted by Crippen LogP contribution is 2.63. The third kappa shape index (κ3) is 1.78. The van der Waals surface area contributed by atoms with Crippen molar-refractivity contribution in [1.29, 1.82) is 0 Å². The molecule has 6 atom stereocenters. The molecule has 0 bridgehead atoms. The Hall–Kier alpha value is -0.670. The van der Waals surface area contributed by atoms with Crippen LogP contribution in [0.15, 0.2) is 11.6 Å². The van der Waals surface area contributed by atoms with E-state index in [1.165, 1.54) is 5.57 Å². The molecule has 0 aromatic heterocycles. The van der Waals surface area contributed by atoms with E-state index in [1.807, 2.05) is 0 Å². The Labute approximate surface area is 132 Å². The van der Waals surface area contributed by atoms with Crippen molar-refractivity contribution in [3.8, 4) is 0 Å². The number of rotatable bonds is 1. The highest BCUT2D eigenvalue weighted by molar-refractivity contribution is 5.87. The van der Waals surface area contributed by atoms with Gasteiger partial charge in [-0.05, 0) is 62.7 Å². The van der Waals surface area contributed by atoms with E-state index in [0.29, 0.717) is 23.5 Å². The highest BCUT2D eigenvalue weighted by atomic mass is 16.3. The van der Waals surface area contributed by atoms with Crippen molar-refractivity contribution in [3.63, 3.8) is 0 Å². The molecule has 3 nitrogen and oxygen atoms in total. The van der Waals surface area contributed by atoms with Gasteiger partial charge in [0.2, 0.25) is 0 Å². The summed E-state index contributed by atoms with van der Waals surface area (Å²) in [7, 11) is 0. The second-order valence-electron chi connectivity index (χ2n) is 8.47. The van der Waals surface area contributed by atoms with Crippen molar-refractivity contribution < 1.29 is 15.0 Å². The fraction of sp³-hybridized carbons (Fsp3) is 0.842. The van der Waals surface area contributed by atoms with Gasteiger partial charge < -0.3 is 10.2 Å². The standard InChI is InChI=1S/C19H28O3/c1-18-8-7-16-14(15(18)4-5-17(18)22)3-2-12-10-13(21)6-9-19(12,16)11-20/h2,13-16,20-21H,3-11H2,1H3/t13-,14+,15+,16+,18+,19-/m1/s1. The topological polar surface area (TPSA) is 57.5 Å². The first-order valence-corrected chi connectivity index (χ1v) is 9.03. The summed E-state index contributed by atoms with van der Waals surface area (Å²) in [5, 5.41) is 20.3. The van der Waals surface area contributed by atoms with Crippen molar-refractivity contribution in [1.82, 2.24) is 0 Å². The van der Waals surface area contributed by atoms with E-state index in [-0.39, 0.29) is 23.5 Å². The maximum Gasteiger partial charge on any atom is 0.139 e. The summed E-state index contributed by atoms with van der Waals surface area (Å²) in [6.07, 6.45) is 9.45. The molecule has 0 spiro atoms. The molecule has 0 radical (unpaired) electrons. The molecule has 3 saturated carbocycles. The largest absolute Gasteiger partial charge is 0.395 e. The van der Waals surface area contributed by atoms with E-state index in [4.69, 9.17) is 0 Å². The van der Waals surface area contributed by atoms with Crippen molar-refractivity contribution in [2.75, 3.05) is 6.61 Å². The number of carbonyl (C=O) groups is 1. The molecule has 0 aliphatic heterocycles. The average Bonchev–Trinajstić information content (AvgIpc) is 2.82. The van der Waals surface area contributed by atoms with E-state index in [9.17, 15) is 15.0 Å². The average molecular weight is 304 g/mol. The maximum atomic E-state index is 12.4. The summed E-state index contributed by atoms with van der Waals surface area (Å²) in [6, 6.07) is 0. The Morgan fingerprint density at radius 1 is 1.23 bits per heavy atom. The van der Waals surface area contributed by atoms with Gasteiger partial charge >= 0.3 is 0 Å². The van der Waals surface area contributed by atoms with E-state index in [2.05, 4.69) is 13.0 Å². The van der Waals surface area contributed by atoms with Crippen molar-refractivity contribution >= 4 is 5.78 Å². The van der Waals surface area contributed by atoms with Crippen molar-refractivity contribution in [2.24, 2.45) is 28.6 Å². The van der Waals surface area contributed by atoms with E-state index >= 15 is 0 Å². The summed E-state index contributed by atoms with van der Waals surface area (Å²) in [5.74, 6) is 2.04. The normalized spacial score (nSPS) is 50.9. The lowest BCUT2D eigenvalue weighted by molar-refractivity contribution is -0.133. The minimum absolute atomic E-state index is 0.0999. The number of aliphatic hydroxyl groups is 2. The van der Waals surface area contributed by atoms with Crippen LogP contribution in [0.3, 0.4) is 0 Å². The maximum absolute atomic E-state index is 12.4. The first kappa shape index (κ1) is 14.9. The van der Waals surface area contributed by atoms with Crippen LogP contribution in [0.4, 0.5) is 0 Å². The van der Waals surface area contributed by atoms with Gasteiger partial charge in [-0.15, -0.1) is 0 Å². The molecule has 0 unspecified atom stereocenters. The molecule has 0 aromatic carbocycles. The summed E-state index contributed by atoms with van der Waals surface area (Å²) in [4.78, 5) is 12.4. The van der Waals surface area contributed by atoms with E-state index < -0.39 is 0 Å². The predicted octanol–water partition coefficient (Wildman–Crippen LogP) is 2.85. The fourth-order valence-electron chi connectivity index (χ4n) is 6.50. The lowest BCUT2D eigenvalue weighted by Gasteiger charge is -2.57. The number of Topliss-reactive ketones (excluding diaryl/α,β-unsaturated/α-hetero) is 1. The highest BCUT2D eigenvalue weighted by Gasteiger charge is 2.59. The number of allylic oxidation sites excluding steroid dienone is 1. The SMILES string of the molecule is C[C@]12CC[C@H]3[C@@H](CC=C4C[C@H](O)CC[C@@]43CO)[C@@H]1CCC2=O. The molecule has 3 fully saturated rings. The number of ketones is 1. The van der Waals surface area contributed by atoms with Crippen LogP contribution < -0.4 is 0 Å². The Morgan fingerprint density at radius 3 is 2.82 bits per heavy atom. The number of fused-ring (bicyclic) bond motifs is 5. The molecular weight excluding hydrogens is 276 g/mol. The first-order chi connectivity index (χ1) is 10.5. The molecule has 0 amide bonds. The second kappa shape index (κ2) is 4.91. The van der Waals surface area contributed by atoms with Crippen LogP contribution in [-0.4, -0.2) is 28.7 Å². The van der Waals surface area contributed by atoms with Gasteiger partial charge in [-0.1, -0.05) is 18.6 Å². The van der Waals surface area contributed by atoms with Crippen LogP contribution in [-0.2, 0) is 4.79 Å². The van der Waals surface area contributed by atoms with Crippen molar-refractivity contribution in [3.05, 3.63) is 11.6 Å². The smallest absolute Gasteiger partial charge is 0.139 e.